The van der Waals surface area contributed by atoms with E-state index in [-0.39, 0.29) is 27.4 Å². The Bertz CT molecular complexity index is 1000. The van der Waals surface area contributed by atoms with E-state index in [1.165, 1.54) is 48.8 Å². The van der Waals surface area contributed by atoms with E-state index >= 15 is 0 Å². The molecular formula is C18H15N3O6S. The Labute approximate surface area is 163 Å². The summed E-state index contributed by atoms with van der Waals surface area (Å²) in [5, 5.41) is 45.6. The molecule has 0 amide bonds. The Balaban J connectivity index is 2.24. The zero-order valence-electron chi connectivity index (χ0n) is 14.5. The standard InChI is InChI=1S/C18H15N3O6S/c1-28-18(19-8-10-4-2-6-12(14(10)22)16(24)25)21-20-9-11-5-3-7-13(15(11)23)17(26)27/h2-9,22-23H,1H3,(H,24,25)(H,26,27)/b19-8+,20-9+,21-18+. The lowest BCUT2D eigenvalue weighted by Crippen LogP contribution is -1.99. The van der Waals surface area contributed by atoms with Crippen LogP contribution >= 0.6 is 11.8 Å². The topological polar surface area (TPSA) is 152 Å². The highest BCUT2D eigenvalue weighted by molar-refractivity contribution is 8.13. The highest BCUT2D eigenvalue weighted by Gasteiger charge is 2.12. The number of hydrogen-bond acceptors (Lipinski definition) is 7. The molecule has 0 aliphatic rings. The van der Waals surface area contributed by atoms with Gasteiger partial charge in [-0.1, -0.05) is 23.9 Å². The summed E-state index contributed by atoms with van der Waals surface area (Å²) in [5.74, 6) is -3.38. The second-order valence-electron chi connectivity index (χ2n) is 5.19. The first-order chi connectivity index (χ1) is 13.3. The Morgan fingerprint density at radius 3 is 1.86 bits per heavy atom. The number of nitrogens with zero attached hydrogens (tertiary/aromatic N) is 3. The van der Waals surface area contributed by atoms with Gasteiger partial charge in [-0.05, 0) is 30.5 Å². The highest BCUT2D eigenvalue weighted by atomic mass is 32.2. The molecule has 0 heterocycles. The van der Waals surface area contributed by atoms with Crippen molar-refractivity contribution in [3.05, 3.63) is 58.7 Å². The van der Waals surface area contributed by atoms with Gasteiger partial charge in [-0.15, -0.1) is 5.10 Å². The van der Waals surface area contributed by atoms with Gasteiger partial charge in [0.1, 0.15) is 22.6 Å². The molecule has 144 valence electrons. The van der Waals surface area contributed by atoms with Gasteiger partial charge in [0.15, 0.2) is 0 Å². The van der Waals surface area contributed by atoms with E-state index in [9.17, 15) is 19.8 Å². The van der Waals surface area contributed by atoms with Crippen LogP contribution in [-0.4, -0.2) is 56.2 Å². The van der Waals surface area contributed by atoms with Crippen LogP contribution in [0.5, 0.6) is 11.5 Å². The number of carboxylic acid groups (broad SMARTS) is 2. The highest BCUT2D eigenvalue weighted by Crippen LogP contribution is 2.22. The van der Waals surface area contributed by atoms with Crippen molar-refractivity contribution in [3.8, 4) is 11.5 Å². The summed E-state index contributed by atoms with van der Waals surface area (Å²) in [6.07, 6.45) is 4.10. The van der Waals surface area contributed by atoms with Crippen LogP contribution in [0.1, 0.15) is 31.8 Å². The van der Waals surface area contributed by atoms with Crippen LogP contribution in [0.2, 0.25) is 0 Å². The lowest BCUT2D eigenvalue weighted by molar-refractivity contribution is 0.0682. The number of aromatic hydroxyl groups is 2. The first kappa shape index (κ1) is 20.6. The minimum Gasteiger partial charge on any atom is -0.506 e. The third kappa shape index (κ3) is 4.95. The number of benzene rings is 2. The number of phenols is 2. The van der Waals surface area contributed by atoms with Crippen LogP contribution in [0, 0.1) is 0 Å². The molecule has 0 aliphatic carbocycles. The molecule has 0 saturated heterocycles. The third-order valence-corrected chi connectivity index (χ3v) is 3.98. The van der Waals surface area contributed by atoms with E-state index in [1.54, 1.807) is 6.26 Å². The van der Waals surface area contributed by atoms with Crippen molar-refractivity contribution in [2.24, 2.45) is 15.2 Å². The number of amidine groups is 1. The van der Waals surface area contributed by atoms with Gasteiger partial charge in [0.05, 0.1) is 6.21 Å². The smallest absolute Gasteiger partial charge is 0.339 e. The quantitative estimate of drug-likeness (QED) is 0.341. The van der Waals surface area contributed by atoms with Crippen LogP contribution in [0.3, 0.4) is 0 Å². The van der Waals surface area contributed by atoms with Crippen LogP contribution in [-0.2, 0) is 0 Å². The molecule has 0 spiro atoms. The maximum absolute atomic E-state index is 11.0. The maximum Gasteiger partial charge on any atom is 0.339 e. The summed E-state index contributed by atoms with van der Waals surface area (Å²) < 4.78 is 0. The lowest BCUT2D eigenvalue weighted by atomic mass is 10.1. The minimum atomic E-state index is -1.27. The molecule has 0 atom stereocenters. The predicted molar refractivity (Wildman–Crippen MR) is 106 cm³/mol. The third-order valence-electron chi connectivity index (χ3n) is 3.43. The molecule has 0 radical (unpaired) electrons. The number of rotatable bonds is 5. The first-order valence-corrected chi connectivity index (χ1v) is 8.87. The van der Waals surface area contributed by atoms with E-state index < -0.39 is 23.4 Å². The zero-order chi connectivity index (χ0) is 20.7. The average molecular weight is 401 g/mol. The largest absolute Gasteiger partial charge is 0.506 e. The van der Waals surface area contributed by atoms with Crippen molar-refractivity contribution in [3.63, 3.8) is 0 Å². The summed E-state index contributed by atoms with van der Waals surface area (Å²) in [7, 11) is 0. The average Bonchev–Trinajstić information content (AvgIpc) is 2.66. The van der Waals surface area contributed by atoms with Crippen molar-refractivity contribution in [2.75, 3.05) is 6.26 Å². The molecule has 4 N–H and O–H groups in total. The Kier molecular flexibility index (Phi) is 6.88. The van der Waals surface area contributed by atoms with E-state index in [4.69, 9.17) is 10.2 Å². The van der Waals surface area contributed by atoms with Gasteiger partial charge in [-0.25, -0.2) is 14.6 Å². The molecule has 0 unspecified atom stereocenters. The molecule has 0 fully saturated rings. The monoisotopic (exact) mass is 401 g/mol. The summed E-state index contributed by atoms with van der Waals surface area (Å²) in [4.78, 5) is 26.1. The molecule has 0 bridgehead atoms. The van der Waals surface area contributed by atoms with Crippen molar-refractivity contribution >= 4 is 41.3 Å². The van der Waals surface area contributed by atoms with Crippen molar-refractivity contribution < 1.29 is 30.0 Å². The Hall–Kier alpha value is -3.66. The van der Waals surface area contributed by atoms with Gasteiger partial charge >= 0.3 is 11.9 Å². The SMILES string of the molecule is CSC(/N=C/c1cccc(C(=O)O)c1O)=N/N=C/c1cccc(C(=O)O)c1O. The molecule has 0 saturated carbocycles. The van der Waals surface area contributed by atoms with E-state index in [0.29, 0.717) is 0 Å². The number of carbonyl (C=O) groups is 2. The number of thioether (sulfide) groups is 1. The summed E-state index contributed by atoms with van der Waals surface area (Å²) in [6.45, 7) is 0. The van der Waals surface area contributed by atoms with E-state index in [0.717, 1.165) is 11.8 Å². The van der Waals surface area contributed by atoms with Crippen LogP contribution in [0.4, 0.5) is 0 Å². The van der Waals surface area contributed by atoms with Gasteiger partial charge in [0, 0.05) is 17.3 Å². The lowest BCUT2D eigenvalue weighted by Gasteiger charge is -2.02. The Morgan fingerprint density at radius 2 is 1.39 bits per heavy atom. The van der Waals surface area contributed by atoms with Crippen LogP contribution in [0.15, 0.2) is 51.6 Å². The fourth-order valence-corrected chi connectivity index (χ4v) is 2.35. The fourth-order valence-electron chi connectivity index (χ4n) is 2.06. The van der Waals surface area contributed by atoms with Crippen molar-refractivity contribution in [1.29, 1.82) is 0 Å². The molecule has 9 nitrogen and oxygen atoms in total. The maximum atomic E-state index is 11.0. The summed E-state index contributed by atoms with van der Waals surface area (Å²) >= 11 is 1.14. The summed E-state index contributed by atoms with van der Waals surface area (Å²) in [5.41, 5.74) is -0.152. The first-order valence-electron chi connectivity index (χ1n) is 7.64. The van der Waals surface area contributed by atoms with Gasteiger partial charge in [0.25, 0.3) is 0 Å². The molecule has 0 aromatic heterocycles. The van der Waals surface area contributed by atoms with Gasteiger partial charge in [-0.3, -0.25) is 0 Å². The normalized spacial score (nSPS) is 12.0. The molecule has 2 aromatic rings. The molecular weight excluding hydrogens is 386 g/mol. The number of hydrogen-bond donors (Lipinski definition) is 4. The van der Waals surface area contributed by atoms with Crippen molar-refractivity contribution in [1.82, 2.24) is 0 Å². The molecule has 10 heteroatoms. The zero-order valence-corrected chi connectivity index (χ0v) is 15.3. The van der Waals surface area contributed by atoms with E-state index in [1.807, 2.05) is 0 Å². The molecule has 2 rings (SSSR count). The number of aliphatic imine (C=N–C) groups is 1. The molecule has 28 heavy (non-hydrogen) atoms. The number of aromatic carboxylic acids is 2. The fraction of sp³-hybridized carbons (Fsp3) is 0.0556. The van der Waals surface area contributed by atoms with Crippen molar-refractivity contribution in [2.45, 2.75) is 0 Å². The van der Waals surface area contributed by atoms with Crippen LogP contribution < -0.4 is 0 Å². The van der Waals surface area contributed by atoms with Gasteiger partial charge < -0.3 is 20.4 Å². The summed E-state index contributed by atoms with van der Waals surface area (Å²) in [6, 6.07) is 8.41. The predicted octanol–water partition coefficient (Wildman–Crippen LogP) is 2.67. The second-order valence-corrected chi connectivity index (χ2v) is 5.96. The van der Waals surface area contributed by atoms with Crippen LogP contribution in [0.25, 0.3) is 0 Å². The molecule has 2 aromatic carbocycles. The van der Waals surface area contributed by atoms with Gasteiger partial charge in [-0.2, -0.15) is 5.10 Å². The van der Waals surface area contributed by atoms with Gasteiger partial charge in [0.2, 0.25) is 5.17 Å². The Morgan fingerprint density at radius 1 is 0.893 bits per heavy atom. The second kappa shape index (κ2) is 9.33. The molecule has 0 aliphatic heterocycles. The number of carboxylic acids is 2. The number of para-hydroxylation sites is 2. The minimum absolute atomic E-state index is 0.167. The van der Waals surface area contributed by atoms with E-state index in [2.05, 4.69) is 15.2 Å².